The summed E-state index contributed by atoms with van der Waals surface area (Å²) in [6.07, 6.45) is 0.431. The molecular weight excluding hydrogens is 246 g/mol. The zero-order valence-corrected chi connectivity index (χ0v) is 11.0. The van der Waals surface area contributed by atoms with Gasteiger partial charge in [-0.3, -0.25) is 4.79 Å². The van der Waals surface area contributed by atoms with Gasteiger partial charge in [-0.2, -0.15) is 5.26 Å². The summed E-state index contributed by atoms with van der Waals surface area (Å²) in [6, 6.07) is 6.10. The fourth-order valence-corrected chi connectivity index (χ4v) is 1.47. The van der Waals surface area contributed by atoms with E-state index in [2.05, 4.69) is 5.32 Å². The smallest absolute Gasteiger partial charge is 0.241 e. The van der Waals surface area contributed by atoms with Crippen LogP contribution in [0.4, 0.5) is 5.69 Å². The van der Waals surface area contributed by atoms with Crippen molar-refractivity contribution in [3.63, 3.8) is 0 Å². The standard InChI is InChI=1S/C13H17N3O3/c1-18-6-5-10(15)13(17)16-11-4-3-9(8-14)7-12(11)19-2/h3-4,7,10H,5-6,15H2,1-2H3,(H,16,17). The van der Waals surface area contributed by atoms with E-state index in [1.807, 2.05) is 6.07 Å². The highest BCUT2D eigenvalue weighted by Gasteiger charge is 2.15. The molecule has 0 aromatic heterocycles. The number of ether oxygens (including phenoxy) is 2. The first kappa shape index (κ1) is 15.0. The molecule has 0 fully saturated rings. The molecule has 102 valence electrons. The van der Waals surface area contributed by atoms with Crippen LogP contribution >= 0.6 is 0 Å². The Hall–Kier alpha value is -2.10. The molecule has 1 atom stereocenters. The molecule has 3 N–H and O–H groups in total. The molecule has 0 bridgehead atoms. The number of amides is 1. The molecule has 0 aliphatic rings. The fraction of sp³-hybridized carbons (Fsp3) is 0.385. The minimum atomic E-state index is -0.653. The van der Waals surface area contributed by atoms with Gasteiger partial charge in [-0.1, -0.05) is 0 Å². The van der Waals surface area contributed by atoms with E-state index >= 15 is 0 Å². The molecule has 0 aliphatic carbocycles. The van der Waals surface area contributed by atoms with Crippen LogP contribution in [0.15, 0.2) is 18.2 Å². The van der Waals surface area contributed by atoms with E-state index in [4.69, 9.17) is 20.5 Å². The van der Waals surface area contributed by atoms with Crippen LogP contribution < -0.4 is 15.8 Å². The van der Waals surface area contributed by atoms with Crippen LogP contribution in [-0.4, -0.2) is 32.8 Å². The van der Waals surface area contributed by atoms with Crippen LogP contribution in [0.5, 0.6) is 5.75 Å². The summed E-state index contributed by atoms with van der Waals surface area (Å²) in [4.78, 5) is 11.8. The largest absolute Gasteiger partial charge is 0.495 e. The maximum absolute atomic E-state index is 11.8. The minimum Gasteiger partial charge on any atom is -0.495 e. The van der Waals surface area contributed by atoms with E-state index in [9.17, 15) is 4.79 Å². The van der Waals surface area contributed by atoms with Crippen molar-refractivity contribution < 1.29 is 14.3 Å². The number of nitrogens with two attached hydrogens (primary N) is 1. The first-order valence-electron chi connectivity index (χ1n) is 5.76. The molecule has 1 amide bonds. The molecule has 0 heterocycles. The number of anilines is 1. The normalized spacial score (nSPS) is 11.5. The Kier molecular flexibility index (Phi) is 5.79. The number of carbonyl (C=O) groups excluding carboxylic acids is 1. The summed E-state index contributed by atoms with van der Waals surface area (Å²) in [6.45, 7) is 0.416. The number of hydrogen-bond donors (Lipinski definition) is 2. The lowest BCUT2D eigenvalue weighted by molar-refractivity contribution is -0.117. The van der Waals surface area contributed by atoms with Crippen molar-refractivity contribution in [1.82, 2.24) is 0 Å². The van der Waals surface area contributed by atoms with Gasteiger partial charge in [0.15, 0.2) is 0 Å². The highest BCUT2D eigenvalue weighted by molar-refractivity contribution is 5.96. The lowest BCUT2D eigenvalue weighted by Crippen LogP contribution is -2.36. The number of benzene rings is 1. The number of hydrogen-bond acceptors (Lipinski definition) is 5. The van der Waals surface area contributed by atoms with Crippen molar-refractivity contribution in [2.24, 2.45) is 5.73 Å². The van der Waals surface area contributed by atoms with Crippen molar-refractivity contribution in [2.75, 3.05) is 26.1 Å². The second kappa shape index (κ2) is 7.36. The summed E-state index contributed by atoms with van der Waals surface area (Å²) in [7, 11) is 3.02. The van der Waals surface area contributed by atoms with Crippen molar-refractivity contribution in [1.29, 1.82) is 5.26 Å². The lowest BCUT2D eigenvalue weighted by atomic mass is 10.1. The third-order valence-electron chi connectivity index (χ3n) is 2.56. The molecule has 0 radical (unpaired) electrons. The Labute approximate surface area is 112 Å². The number of methoxy groups -OCH3 is 2. The van der Waals surface area contributed by atoms with Crippen molar-refractivity contribution >= 4 is 11.6 Å². The number of nitrogens with zero attached hydrogens (tertiary/aromatic N) is 1. The summed E-state index contributed by atoms with van der Waals surface area (Å²) in [5.41, 5.74) is 6.66. The van der Waals surface area contributed by atoms with Gasteiger partial charge in [0.25, 0.3) is 0 Å². The first-order valence-corrected chi connectivity index (χ1v) is 5.76. The highest BCUT2D eigenvalue weighted by Crippen LogP contribution is 2.25. The number of carbonyl (C=O) groups is 1. The van der Waals surface area contributed by atoms with Crippen LogP contribution in [-0.2, 0) is 9.53 Å². The fourth-order valence-electron chi connectivity index (χ4n) is 1.47. The van der Waals surface area contributed by atoms with Gasteiger partial charge in [0.1, 0.15) is 5.75 Å². The molecule has 19 heavy (non-hydrogen) atoms. The average molecular weight is 263 g/mol. The van der Waals surface area contributed by atoms with E-state index in [1.165, 1.54) is 7.11 Å². The van der Waals surface area contributed by atoms with Gasteiger partial charge in [0.05, 0.1) is 30.5 Å². The Morgan fingerprint density at radius 1 is 1.53 bits per heavy atom. The van der Waals surface area contributed by atoms with E-state index < -0.39 is 6.04 Å². The van der Waals surface area contributed by atoms with Crippen molar-refractivity contribution in [2.45, 2.75) is 12.5 Å². The second-order valence-corrected chi connectivity index (χ2v) is 3.90. The van der Waals surface area contributed by atoms with Crippen LogP contribution in [0, 0.1) is 11.3 Å². The lowest BCUT2D eigenvalue weighted by Gasteiger charge is -2.14. The van der Waals surface area contributed by atoms with Crippen LogP contribution in [0.1, 0.15) is 12.0 Å². The number of nitrogens with one attached hydrogen (secondary N) is 1. The first-order chi connectivity index (χ1) is 9.12. The average Bonchev–Trinajstić information content (AvgIpc) is 2.44. The third kappa shape index (κ3) is 4.25. The van der Waals surface area contributed by atoms with Crippen LogP contribution in [0.3, 0.4) is 0 Å². The Morgan fingerprint density at radius 3 is 2.84 bits per heavy atom. The summed E-state index contributed by atoms with van der Waals surface area (Å²) < 4.78 is 9.99. The zero-order valence-electron chi connectivity index (χ0n) is 11.0. The molecule has 1 unspecified atom stereocenters. The molecular formula is C13H17N3O3. The monoisotopic (exact) mass is 263 g/mol. The predicted octanol–water partition coefficient (Wildman–Crippen LogP) is 0.869. The van der Waals surface area contributed by atoms with Gasteiger partial charge >= 0.3 is 0 Å². The molecule has 0 spiro atoms. The molecule has 6 nitrogen and oxygen atoms in total. The predicted molar refractivity (Wildman–Crippen MR) is 70.8 cm³/mol. The van der Waals surface area contributed by atoms with Gasteiger partial charge < -0.3 is 20.5 Å². The van der Waals surface area contributed by atoms with Gasteiger partial charge in [-0.25, -0.2) is 0 Å². The molecule has 0 aliphatic heterocycles. The van der Waals surface area contributed by atoms with Crippen LogP contribution in [0.25, 0.3) is 0 Å². The van der Waals surface area contributed by atoms with Gasteiger partial charge in [0.2, 0.25) is 5.91 Å². The Morgan fingerprint density at radius 2 is 2.26 bits per heavy atom. The van der Waals surface area contributed by atoms with Gasteiger partial charge in [0, 0.05) is 19.8 Å². The van der Waals surface area contributed by atoms with E-state index in [1.54, 1.807) is 25.3 Å². The molecule has 0 saturated carbocycles. The maximum Gasteiger partial charge on any atom is 0.241 e. The Balaban J connectivity index is 2.76. The second-order valence-electron chi connectivity index (χ2n) is 3.90. The van der Waals surface area contributed by atoms with Gasteiger partial charge in [-0.15, -0.1) is 0 Å². The summed E-state index contributed by atoms with van der Waals surface area (Å²) in [5.74, 6) is 0.103. The van der Waals surface area contributed by atoms with Crippen molar-refractivity contribution in [3.05, 3.63) is 23.8 Å². The Bertz CT molecular complexity index is 483. The molecule has 1 rings (SSSR count). The topological polar surface area (TPSA) is 97.4 Å². The highest BCUT2D eigenvalue weighted by atomic mass is 16.5. The maximum atomic E-state index is 11.8. The van der Waals surface area contributed by atoms with E-state index in [0.717, 1.165) is 0 Å². The SMILES string of the molecule is COCCC(N)C(=O)Nc1ccc(C#N)cc1OC. The molecule has 0 saturated heterocycles. The minimum absolute atomic E-state index is 0.319. The van der Waals surface area contributed by atoms with Crippen LogP contribution in [0.2, 0.25) is 0 Å². The molecule has 1 aromatic carbocycles. The van der Waals surface area contributed by atoms with Gasteiger partial charge in [-0.05, 0) is 18.6 Å². The van der Waals surface area contributed by atoms with E-state index in [0.29, 0.717) is 30.0 Å². The quantitative estimate of drug-likeness (QED) is 0.793. The summed E-state index contributed by atoms with van der Waals surface area (Å²) in [5, 5.41) is 11.5. The third-order valence-corrected chi connectivity index (χ3v) is 2.56. The molecule has 1 aromatic rings. The zero-order chi connectivity index (χ0) is 14.3. The van der Waals surface area contributed by atoms with E-state index in [-0.39, 0.29) is 5.91 Å². The summed E-state index contributed by atoms with van der Waals surface area (Å²) >= 11 is 0. The van der Waals surface area contributed by atoms with Crippen molar-refractivity contribution in [3.8, 4) is 11.8 Å². The number of nitriles is 1. The molecule has 6 heteroatoms. The number of rotatable bonds is 6.